The molecule has 0 amide bonds. The van der Waals surface area contributed by atoms with Crippen LogP contribution in [0.15, 0.2) is 32.8 Å². The SMILES string of the molecule is O=C(O)c1cc(Br)ccc1NCc1csc(=O)[nH]1. The molecule has 3 N–H and O–H groups in total. The summed E-state index contributed by atoms with van der Waals surface area (Å²) in [7, 11) is 0. The molecule has 1 aromatic carbocycles. The first-order valence-electron chi connectivity index (χ1n) is 4.99. The first-order valence-corrected chi connectivity index (χ1v) is 6.67. The van der Waals surface area contributed by atoms with E-state index in [1.807, 2.05) is 0 Å². The van der Waals surface area contributed by atoms with Gasteiger partial charge < -0.3 is 15.4 Å². The molecule has 1 aromatic heterocycles. The third kappa shape index (κ3) is 2.99. The molecule has 2 rings (SSSR count). The number of aromatic carboxylic acids is 1. The number of hydrogen-bond donors (Lipinski definition) is 3. The van der Waals surface area contributed by atoms with Crippen LogP contribution >= 0.6 is 27.3 Å². The maximum absolute atomic E-state index is 11.1. The molecule has 7 heteroatoms. The van der Waals surface area contributed by atoms with Crippen LogP contribution in [-0.4, -0.2) is 16.1 Å². The Morgan fingerprint density at radius 2 is 2.28 bits per heavy atom. The van der Waals surface area contributed by atoms with Crippen LogP contribution in [0.1, 0.15) is 16.1 Å². The second kappa shape index (κ2) is 5.36. The second-order valence-electron chi connectivity index (χ2n) is 3.52. The van der Waals surface area contributed by atoms with Crippen LogP contribution in [-0.2, 0) is 6.54 Å². The van der Waals surface area contributed by atoms with Crippen molar-refractivity contribution in [3.8, 4) is 0 Å². The smallest absolute Gasteiger partial charge is 0.337 e. The van der Waals surface area contributed by atoms with Crippen molar-refractivity contribution >= 4 is 38.9 Å². The highest BCUT2D eigenvalue weighted by molar-refractivity contribution is 9.10. The predicted molar refractivity (Wildman–Crippen MR) is 73.4 cm³/mol. The Bertz CT molecular complexity index is 635. The number of anilines is 1. The molecule has 0 aliphatic heterocycles. The van der Waals surface area contributed by atoms with Crippen molar-refractivity contribution in [1.29, 1.82) is 0 Å². The van der Waals surface area contributed by atoms with E-state index in [1.165, 1.54) is 6.07 Å². The fourth-order valence-corrected chi connectivity index (χ4v) is 2.38. The van der Waals surface area contributed by atoms with E-state index >= 15 is 0 Å². The number of carboxylic acids is 1. The van der Waals surface area contributed by atoms with Gasteiger partial charge in [-0.15, -0.1) is 0 Å². The summed E-state index contributed by atoms with van der Waals surface area (Å²) in [5, 5.41) is 13.8. The molecule has 0 radical (unpaired) electrons. The van der Waals surface area contributed by atoms with E-state index in [0.29, 0.717) is 16.7 Å². The molecule has 0 saturated carbocycles. The Labute approximate surface area is 115 Å². The number of halogens is 1. The van der Waals surface area contributed by atoms with E-state index in [2.05, 4.69) is 26.2 Å². The van der Waals surface area contributed by atoms with E-state index in [9.17, 15) is 9.59 Å². The fraction of sp³-hybridized carbons (Fsp3) is 0.0909. The normalized spacial score (nSPS) is 10.3. The molecular weight excluding hydrogens is 320 g/mol. The standard InChI is InChI=1S/C11H9BrN2O3S/c12-6-1-2-9(8(3-6)10(15)16)13-4-7-5-18-11(17)14-7/h1-3,5,13H,4H2,(H,14,17)(H,15,16). The van der Waals surface area contributed by atoms with Gasteiger partial charge in [0.15, 0.2) is 0 Å². The summed E-state index contributed by atoms with van der Waals surface area (Å²) in [6.07, 6.45) is 0. The van der Waals surface area contributed by atoms with E-state index in [0.717, 1.165) is 17.0 Å². The topological polar surface area (TPSA) is 82.2 Å². The van der Waals surface area contributed by atoms with Crippen molar-refractivity contribution in [1.82, 2.24) is 4.98 Å². The molecule has 0 unspecified atom stereocenters. The van der Waals surface area contributed by atoms with Gasteiger partial charge in [0.25, 0.3) is 0 Å². The van der Waals surface area contributed by atoms with Gasteiger partial charge in [0.2, 0.25) is 0 Å². The maximum Gasteiger partial charge on any atom is 0.337 e. The summed E-state index contributed by atoms with van der Waals surface area (Å²) in [5.41, 5.74) is 1.42. The van der Waals surface area contributed by atoms with Crippen molar-refractivity contribution in [2.45, 2.75) is 6.54 Å². The fourth-order valence-electron chi connectivity index (χ4n) is 1.44. The van der Waals surface area contributed by atoms with Crippen LogP contribution in [0.4, 0.5) is 5.69 Å². The summed E-state index contributed by atoms with van der Waals surface area (Å²) >= 11 is 4.30. The summed E-state index contributed by atoms with van der Waals surface area (Å²) in [6.45, 7) is 0.376. The van der Waals surface area contributed by atoms with Crippen LogP contribution in [0.3, 0.4) is 0 Å². The van der Waals surface area contributed by atoms with Crippen molar-refractivity contribution in [2.24, 2.45) is 0 Å². The number of carbonyl (C=O) groups is 1. The number of benzene rings is 1. The van der Waals surface area contributed by atoms with Gasteiger partial charge in [0, 0.05) is 21.2 Å². The Balaban J connectivity index is 2.18. The number of rotatable bonds is 4. The number of hydrogen-bond acceptors (Lipinski definition) is 4. The first kappa shape index (κ1) is 12.8. The lowest BCUT2D eigenvalue weighted by atomic mass is 10.2. The molecule has 5 nitrogen and oxygen atoms in total. The zero-order valence-corrected chi connectivity index (χ0v) is 11.5. The van der Waals surface area contributed by atoms with E-state index in [-0.39, 0.29) is 10.4 Å². The van der Waals surface area contributed by atoms with Gasteiger partial charge >= 0.3 is 10.8 Å². The van der Waals surface area contributed by atoms with Crippen molar-refractivity contribution in [3.05, 3.63) is 49.0 Å². The van der Waals surface area contributed by atoms with Gasteiger partial charge in [-0.25, -0.2) is 4.79 Å². The largest absolute Gasteiger partial charge is 0.478 e. The molecule has 0 bridgehead atoms. The molecule has 0 fully saturated rings. The van der Waals surface area contributed by atoms with E-state index in [4.69, 9.17) is 5.11 Å². The first-order chi connectivity index (χ1) is 8.56. The van der Waals surface area contributed by atoms with Crippen LogP contribution in [0, 0.1) is 0 Å². The average molecular weight is 329 g/mol. The molecule has 0 saturated heterocycles. The number of nitrogens with one attached hydrogen (secondary N) is 2. The summed E-state index contributed by atoms with van der Waals surface area (Å²) in [4.78, 5) is 24.6. The number of aromatic amines is 1. The molecule has 0 spiro atoms. The molecule has 0 aliphatic carbocycles. The number of thiazole rings is 1. The number of carboxylic acid groups (broad SMARTS) is 1. The third-order valence-corrected chi connectivity index (χ3v) is 3.46. The Morgan fingerprint density at radius 1 is 1.50 bits per heavy atom. The lowest BCUT2D eigenvalue weighted by Crippen LogP contribution is -2.07. The lowest BCUT2D eigenvalue weighted by molar-refractivity contribution is 0.0698. The highest BCUT2D eigenvalue weighted by Crippen LogP contribution is 2.21. The molecule has 0 aliphatic rings. The molecule has 18 heavy (non-hydrogen) atoms. The van der Waals surface area contributed by atoms with E-state index < -0.39 is 5.97 Å². The highest BCUT2D eigenvalue weighted by Gasteiger charge is 2.10. The van der Waals surface area contributed by atoms with Crippen molar-refractivity contribution < 1.29 is 9.90 Å². The third-order valence-electron chi connectivity index (χ3n) is 2.25. The minimum atomic E-state index is -1.00. The predicted octanol–water partition coefficient (Wildman–Crippen LogP) is 2.51. The minimum absolute atomic E-state index is 0.124. The molecular formula is C11H9BrN2O3S. The van der Waals surface area contributed by atoms with Crippen molar-refractivity contribution in [3.63, 3.8) is 0 Å². The molecule has 1 heterocycles. The monoisotopic (exact) mass is 328 g/mol. The Kier molecular flexibility index (Phi) is 3.83. The van der Waals surface area contributed by atoms with Gasteiger partial charge in [0.1, 0.15) is 0 Å². The summed E-state index contributed by atoms with van der Waals surface area (Å²) < 4.78 is 0.703. The van der Waals surface area contributed by atoms with Crippen LogP contribution < -0.4 is 10.2 Å². The molecule has 0 atom stereocenters. The van der Waals surface area contributed by atoms with Gasteiger partial charge in [-0.1, -0.05) is 27.3 Å². The van der Waals surface area contributed by atoms with Crippen LogP contribution in [0.2, 0.25) is 0 Å². The zero-order valence-electron chi connectivity index (χ0n) is 9.07. The minimum Gasteiger partial charge on any atom is -0.478 e. The number of aromatic nitrogens is 1. The Morgan fingerprint density at radius 3 is 2.89 bits per heavy atom. The summed E-state index contributed by atoms with van der Waals surface area (Å²) in [5.74, 6) is -1.00. The summed E-state index contributed by atoms with van der Waals surface area (Å²) in [6, 6.07) is 4.96. The van der Waals surface area contributed by atoms with Crippen LogP contribution in [0.25, 0.3) is 0 Å². The lowest BCUT2D eigenvalue weighted by Gasteiger charge is -2.08. The number of H-pyrrole nitrogens is 1. The quantitative estimate of drug-likeness (QED) is 0.805. The second-order valence-corrected chi connectivity index (χ2v) is 5.28. The van der Waals surface area contributed by atoms with Crippen LogP contribution in [0.5, 0.6) is 0 Å². The average Bonchev–Trinajstić information content (AvgIpc) is 2.73. The van der Waals surface area contributed by atoms with Gasteiger partial charge in [-0.3, -0.25) is 4.79 Å². The van der Waals surface area contributed by atoms with Gasteiger partial charge in [0.05, 0.1) is 12.1 Å². The van der Waals surface area contributed by atoms with Gasteiger partial charge in [-0.05, 0) is 18.2 Å². The highest BCUT2D eigenvalue weighted by atomic mass is 79.9. The Hall–Kier alpha value is -1.60. The van der Waals surface area contributed by atoms with Gasteiger partial charge in [-0.2, -0.15) is 0 Å². The molecule has 94 valence electrons. The van der Waals surface area contributed by atoms with E-state index in [1.54, 1.807) is 17.5 Å². The zero-order chi connectivity index (χ0) is 13.1. The molecule has 2 aromatic rings. The van der Waals surface area contributed by atoms with Crippen molar-refractivity contribution in [2.75, 3.05) is 5.32 Å². The maximum atomic E-state index is 11.1.